The third-order valence-electron chi connectivity index (χ3n) is 11.5. The number of hydrogen-bond donors (Lipinski definition) is 1. The number of benzene rings is 5. The molecule has 3 aliphatic heterocycles. The predicted molar refractivity (Wildman–Crippen MR) is 202 cm³/mol. The maximum atomic E-state index is 5.27. The van der Waals surface area contributed by atoms with Crippen LogP contribution in [-0.4, -0.2) is 22.5 Å². The third-order valence-corrected chi connectivity index (χ3v) is 11.5. The van der Waals surface area contributed by atoms with Gasteiger partial charge in [0.15, 0.2) is 0 Å². The zero-order valence-electron chi connectivity index (χ0n) is 27.2. The molecule has 0 radical (unpaired) electrons. The predicted octanol–water partition coefficient (Wildman–Crippen LogP) is 10.2. The molecule has 0 saturated heterocycles. The van der Waals surface area contributed by atoms with E-state index in [0.717, 1.165) is 23.6 Å². The van der Waals surface area contributed by atoms with Crippen LogP contribution < -0.4 is 10.2 Å². The minimum atomic E-state index is -0.195. The summed E-state index contributed by atoms with van der Waals surface area (Å²) in [7, 11) is 0. The Bertz CT molecular complexity index is 2480. The molecule has 4 heterocycles. The lowest BCUT2D eigenvalue weighted by atomic mass is 9.70. The minimum Gasteiger partial charge on any atom is -0.370 e. The molecule has 6 aromatic rings. The number of anilines is 3. The lowest BCUT2D eigenvalue weighted by Gasteiger charge is -2.34. The van der Waals surface area contributed by atoms with Crippen LogP contribution in [-0.2, 0) is 11.8 Å². The molecule has 0 spiro atoms. The van der Waals surface area contributed by atoms with Gasteiger partial charge >= 0.3 is 0 Å². The minimum absolute atomic E-state index is 0.0167. The molecule has 0 fully saturated rings. The molecule has 234 valence electrons. The summed E-state index contributed by atoms with van der Waals surface area (Å²) in [5.41, 5.74) is 15.1. The second-order valence-corrected chi connectivity index (χ2v) is 14.3. The summed E-state index contributed by atoms with van der Waals surface area (Å²) < 4.78 is 2.43. The van der Waals surface area contributed by atoms with E-state index in [1.54, 1.807) is 0 Å². The maximum absolute atomic E-state index is 5.27. The third kappa shape index (κ3) is 3.77. The van der Waals surface area contributed by atoms with Gasteiger partial charge in [0.1, 0.15) is 11.9 Å². The summed E-state index contributed by atoms with van der Waals surface area (Å²) in [5.74, 6) is 1.34. The van der Waals surface area contributed by atoms with Crippen molar-refractivity contribution in [3.8, 4) is 0 Å². The zero-order valence-corrected chi connectivity index (χ0v) is 27.2. The monoisotopic (exact) mass is 630 g/mol. The van der Waals surface area contributed by atoms with Gasteiger partial charge in [0, 0.05) is 33.7 Å². The molecule has 5 aliphatic rings. The van der Waals surface area contributed by atoms with Crippen LogP contribution in [0.3, 0.4) is 0 Å². The molecule has 1 N–H and O–H groups in total. The highest BCUT2D eigenvalue weighted by atomic mass is 15.2. The molecule has 4 heteroatoms. The van der Waals surface area contributed by atoms with Crippen molar-refractivity contribution in [2.45, 2.75) is 36.8 Å². The molecular formula is C45H34N4. The van der Waals surface area contributed by atoms with Crippen LogP contribution in [0.1, 0.15) is 40.8 Å². The van der Waals surface area contributed by atoms with Crippen molar-refractivity contribution >= 4 is 50.6 Å². The van der Waals surface area contributed by atoms with E-state index in [1.165, 1.54) is 61.4 Å². The average Bonchev–Trinajstić information content (AvgIpc) is 3.78. The second kappa shape index (κ2) is 9.83. The lowest BCUT2D eigenvalue weighted by Crippen LogP contribution is -2.33. The summed E-state index contributed by atoms with van der Waals surface area (Å²) in [5, 5.41) is 5.22. The van der Waals surface area contributed by atoms with Gasteiger partial charge in [-0.15, -0.1) is 0 Å². The first kappa shape index (κ1) is 27.1. The van der Waals surface area contributed by atoms with Crippen molar-refractivity contribution in [3.05, 3.63) is 180 Å². The molecule has 49 heavy (non-hydrogen) atoms. The van der Waals surface area contributed by atoms with Crippen LogP contribution in [0.4, 0.5) is 22.7 Å². The van der Waals surface area contributed by atoms with Gasteiger partial charge in [-0.1, -0.05) is 122 Å². The molecule has 0 amide bonds. The topological polar surface area (TPSA) is 32.6 Å². The van der Waals surface area contributed by atoms with E-state index >= 15 is 0 Å². The van der Waals surface area contributed by atoms with Crippen LogP contribution in [0, 0.1) is 0 Å². The zero-order chi connectivity index (χ0) is 32.3. The average molecular weight is 631 g/mol. The van der Waals surface area contributed by atoms with Crippen molar-refractivity contribution in [3.63, 3.8) is 0 Å². The van der Waals surface area contributed by atoms with Crippen LogP contribution in [0.5, 0.6) is 0 Å². The van der Waals surface area contributed by atoms with Crippen molar-refractivity contribution < 1.29 is 0 Å². The number of allylic oxidation sites excluding steroid dienone is 3. The van der Waals surface area contributed by atoms with Gasteiger partial charge in [0.2, 0.25) is 0 Å². The van der Waals surface area contributed by atoms with Gasteiger partial charge in [0.25, 0.3) is 0 Å². The molecule has 5 aromatic carbocycles. The number of rotatable bonds is 3. The number of fused-ring (bicyclic) bond motifs is 10. The summed E-state index contributed by atoms with van der Waals surface area (Å²) in [6, 6.07) is 46.5. The summed E-state index contributed by atoms with van der Waals surface area (Å²) in [6.07, 6.45) is 10.7. The Hall–Kier alpha value is -5.87. The standard InChI is InChI=1S/C45H34N4/c1-45(26-35-32-16-8-11-19-39(32)49-43(35)36(27-45)42-44(49)47-38-18-10-9-17-37(38)46-42)30-21-23-40-34(25-30)33-22-20-29(28-12-4-2-5-13-28)24-41(33)48(40)31-14-6-3-7-15-31/h2-25,27,33,41-42,46H,26H2,1H3. The fraction of sp³-hybridized carbons (Fsp3) is 0.133. The fourth-order valence-electron chi connectivity index (χ4n) is 9.23. The molecule has 4 atom stereocenters. The molecule has 4 unspecified atom stereocenters. The highest BCUT2D eigenvalue weighted by Crippen LogP contribution is 2.53. The Kier molecular flexibility index (Phi) is 5.44. The number of nitrogens with zero attached hydrogens (tertiary/aromatic N) is 3. The number of para-hydroxylation sites is 4. The highest BCUT2D eigenvalue weighted by Gasteiger charge is 2.46. The Morgan fingerprint density at radius 3 is 2.47 bits per heavy atom. The number of aliphatic imine (C=N–C) groups is 1. The van der Waals surface area contributed by atoms with E-state index in [1.807, 2.05) is 0 Å². The van der Waals surface area contributed by atoms with E-state index in [2.05, 4.69) is 173 Å². The Labute approximate surface area is 286 Å². The second-order valence-electron chi connectivity index (χ2n) is 14.3. The molecule has 4 nitrogen and oxygen atoms in total. The first-order valence-electron chi connectivity index (χ1n) is 17.4. The van der Waals surface area contributed by atoms with Gasteiger partial charge in [0.05, 0.1) is 28.6 Å². The first-order valence-corrected chi connectivity index (χ1v) is 17.4. The number of nitrogens with one attached hydrogen (secondary N) is 1. The van der Waals surface area contributed by atoms with Gasteiger partial charge < -0.3 is 10.2 Å². The largest absolute Gasteiger partial charge is 0.370 e. The van der Waals surface area contributed by atoms with Crippen molar-refractivity contribution in [1.82, 2.24) is 4.57 Å². The van der Waals surface area contributed by atoms with E-state index in [-0.39, 0.29) is 23.4 Å². The SMILES string of the molecule is CC1(c2ccc3c(c2)C2C=CC(c4ccccc4)=CC2N3c2ccccc2)C=C2c3c(c4ccccc4n3C3=Nc4ccccc4NC23)C1. The Morgan fingerprint density at radius 2 is 1.59 bits per heavy atom. The van der Waals surface area contributed by atoms with Gasteiger partial charge in [-0.05, 0) is 70.6 Å². The van der Waals surface area contributed by atoms with Gasteiger partial charge in [-0.25, -0.2) is 4.99 Å². The summed E-state index contributed by atoms with van der Waals surface area (Å²) in [4.78, 5) is 7.82. The van der Waals surface area contributed by atoms with Gasteiger partial charge in [-0.3, -0.25) is 4.57 Å². The molecule has 0 saturated carbocycles. The smallest absolute Gasteiger partial charge is 0.141 e. The number of hydrogen-bond acceptors (Lipinski definition) is 3. The highest BCUT2D eigenvalue weighted by molar-refractivity contribution is 6.18. The number of aromatic nitrogens is 1. The van der Waals surface area contributed by atoms with E-state index in [4.69, 9.17) is 4.99 Å². The van der Waals surface area contributed by atoms with Gasteiger partial charge in [-0.2, -0.15) is 0 Å². The summed E-state index contributed by atoms with van der Waals surface area (Å²) >= 11 is 0. The fourth-order valence-corrected chi connectivity index (χ4v) is 9.23. The Balaban J connectivity index is 1.06. The molecule has 0 bridgehead atoms. The molecule has 11 rings (SSSR count). The van der Waals surface area contributed by atoms with Crippen LogP contribution in [0.15, 0.2) is 157 Å². The molecular weight excluding hydrogens is 597 g/mol. The van der Waals surface area contributed by atoms with Crippen molar-refractivity contribution in [1.29, 1.82) is 0 Å². The van der Waals surface area contributed by atoms with Crippen LogP contribution >= 0.6 is 0 Å². The normalized spacial score (nSPS) is 23.8. The van der Waals surface area contributed by atoms with Crippen LogP contribution in [0.25, 0.3) is 22.0 Å². The molecule has 1 aromatic heterocycles. The Morgan fingerprint density at radius 1 is 0.816 bits per heavy atom. The lowest BCUT2D eigenvalue weighted by molar-refractivity contribution is 0.584. The quantitative estimate of drug-likeness (QED) is 0.211. The van der Waals surface area contributed by atoms with Crippen molar-refractivity contribution in [2.75, 3.05) is 10.2 Å². The van der Waals surface area contributed by atoms with E-state index < -0.39 is 0 Å². The molecule has 2 aliphatic carbocycles. The van der Waals surface area contributed by atoms with E-state index in [9.17, 15) is 0 Å². The summed E-state index contributed by atoms with van der Waals surface area (Å²) in [6.45, 7) is 2.44. The maximum Gasteiger partial charge on any atom is 0.141 e. The first-order chi connectivity index (χ1) is 24.1. The van der Waals surface area contributed by atoms with Crippen LogP contribution in [0.2, 0.25) is 0 Å². The van der Waals surface area contributed by atoms with Crippen molar-refractivity contribution in [2.24, 2.45) is 4.99 Å². The van der Waals surface area contributed by atoms with E-state index in [0.29, 0.717) is 0 Å².